The molecule has 4 aliphatic carbocycles. The molecular weight excluding hydrogens is 847 g/mol. The van der Waals surface area contributed by atoms with Gasteiger partial charge in [-0.25, -0.2) is 0 Å². The van der Waals surface area contributed by atoms with Crippen molar-refractivity contribution in [2.45, 2.75) is 144 Å². The number of carbonyl (C=O) groups excluding carboxylic acids is 8. The van der Waals surface area contributed by atoms with Crippen molar-refractivity contribution in [3.63, 3.8) is 0 Å². The molecule has 2 saturated carbocycles. The molecule has 1 aromatic carbocycles. The number of aliphatic hydroxyl groups is 2. The van der Waals surface area contributed by atoms with Crippen molar-refractivity contribution in [2.24, 2.45) is 45.3 Å². The van der Waals surface area contributed by atoms with Crippen LogP contribution in [0.2, 0.25) is 0 Å². The standard InChI is InChI=1S/C49H63N7O10/c1-25(30-20-37(61)49(7)41-33(58)21-35-46(3,4)36(60)14-15-47(35,5)40(41)34(59)22-48(30,49)6)18-28(57)19-26(2)42(63)51-23-27-24-55(54-53-27)17-9-16-50-31-11-8-10-29-39(31)45(66)56(44(29)65)32-12-13-38(62)52-43(32)64/h8,10-11,24-26,30,32-33,35,37,50,58,61H,9,12-23H2,1-7H3,(H,51,63)(H,52,62,64)/t25-,26-,30-,32?,33+,35+,37+,47+,48-,49+/m1/s1. The molecule has 0 bridgehead atoms. The zero-order valence-electron chi connectivity index (χ0n) is 39.0. The molecule has 17 nitrogen and oxygen atoms in total. The number of benzene rings is 1. The van der Waals surface area contributed by atoms with Gasteiger partial charge in [0.1, 0.15) is 23.3 Å². The Kier molecular flexibility index (Phi) is 12.1. The maximum atomic E-state index is 14.4. The predicted molar refractivity (Wildman–Crippen MR) is 238 cm³/mol. The van der Waals surface area contributed by atoms with Crippen LogP contribution in [0.25, 0.3) is 0 Å². The van der Waals surface area contributed by atoms with E-state index in [0.717, 1.165) is 4.90 Å². The van der Waals surface area contributed by atoms with Crippen molar-refractivity contribution in [1.82, 2.24) is 30.5 Å². The Bertz CT molecular complexity index is 2460. The lowest BCUT2D eigenvalue weighted by Gasteiger charge is -2.61. The molecule has 5 N–H and O–H groups in total. The topological polar surface area (TPSA) is 247 Å². The van der Waals surface area contributed by atoms with Gasteiger partial charge in [0.05, 0.1) is 36.1 Å². The minimum Gasteiger partial charge on any atom is -0.392 e. The van der Waals surface area contributed by atoms with Crippen LogP contribution < -0.4 is 16.0 Å². The summed E-state index contributed by atoms with van der Waals surface area (Å²) in [5, 5.41) is 40.4. The van der Waals surface area contributed by atoms with Gasteiger partial charge in [-0.05, 0) is 73.0 Å². The van der Waals surface area contributed by atoms with Gasteiger partial charge in [0.2, 0.25) is 17.7 Å². The second-order valence-electron chi connectivity index (χ2n) is 21.2. The quantitative estimate of drug-likeness (QED) is 0.134. The van der Waals surface area contributed by atoms with Gasteiger partial charge >= 0.3 is 0 Å². The highest BCUT2D eigenvalue weighted by Gasteiger charge is 2.70. The molecule has 0 radical (unpaired) electrons. The Morgan fingerprint density at radius 1 is 0.970 bits per heavy atom. The second-order valence-corrected chi connectivity index (χ2v) is 21.2. The van der Waals surface area contributed by atoms with Crippen molar-refractivity contribution in [2.75, 3.05) is 11.9 Å². The van der Waals surface area contributed by atoms with E-state index >= 15 is 0 Å². The van der Waals surface area contributed by atoms with Gasteiger partial charge in [-0.1, -0.05) is 59.7 Å². The van der Waals surface area contributed by atoms with E-state index in [4.69, 9.17) is 0 Å². The molecule has 10 atom stereocenters. The van der Waals surface area contributed by atoms with E-state index in [0.29, 0.717) is 67.7 Å². The third kappa shape index (κ3) is 7.53. The summed E-state index contributed by atoms with van der Waals surface area (Å²) in [6.45, 7) is 14.6. The van der Waals surface area contributed by atoms with E-state index in [9.17, 15) is 48.6 Å². The van der Waals surface area contributed by atoms with Crippen LogP contribution in [0.15, 0.2) is 35.5 Å². The summed E-state index contributed by atoms with van der Waals surface area (Å²) in [4.78, 5) is 106. The number of amides is 5. The molecule has 17 heteroatoms. The Balaban J connectivity index is 0.816. The number of allylic oxidation sites excluding steroid dienone is 1. The number of anilines is 1. The number of hydrogen-bond donors (Lipinski definition) is 5. The number of hydrogen-bond acceptors (Lipinski definition) is 13. The molecule has 2 aliphatic heterocycles. The third-order valence-corrected chi connectivity index (χ3v) is 17.0. The van der Waals surface area contributed by atoms with Gasteiger partial charge in [-0.15, -0.1) is 5.10 Å². The van der Waals surface area contributed by atoms with E-state index < -0.39 is 69.5 Å². The molecule has 3 fully saturated rings. The predicted octanol–water partition coefficient (Wildman–Crippen LogP) is 3.86. The highest BCUT2D eigenvalue weighted by Crippen LogP contribution is 2.71. The maximum absolute atomic E-state index is 14.4. The van der Waals surface area contributed by atoms with Crippen molar-refractivity contribution in [3.8, 4) is 0 Å². The summed E-state index contributed by atoms with van der Waals surface area (Å²) in [5.41, 5.74) is -0.326. The Labute approximate surface area is 384 Å². The molecule has 1 saturated heterocycles. The Morgan fingerprint density at radius 2 is 1.71 bits per heavy atom. The Hall–Kier alpha value is -5.42. The van der Waals surface area contributed by atoms with Crippen LogP contribution in [0.1, 0.15) is 139 Å². The number of nitrogens with one attached hydrogen (secondary N) is 3. The van der Waals surface area contributed by atoms with Crippen LogP contribution in [0, 0.1) is 45.3 Å². The minimum atomic E-state index is -1.06. The van der Waals surface area contributed by atoms with Gasteiger partial charge in [0, 0.05) is 78.6 Å². The number of aliphatic hydroxyl groups excluding tert-OH is 2. The van der Waals surface area contributed by atoms with Crippen LogP contribution >= 0.6 is 0 Å². The van der Waals surface area contributed by atoms with Crippen LogP contribution in [-0.4, -0.2) is 102 Å². The van der Waals surface area contributed by atoms with Gasteiger partial charge in [-0.2, -0.15) is 0 Å². The fourth-order valence-electron chi connectivity index (χ4n) is 13.2. The highest BCUT2D eigenvalue weighted by molar-refractivity contribution is 6.25. The third-order valence-electron chi connectivity index (χ3n) is 17.0. The van der Waals surface area contributed by atoms with E-state index in [1.807, 2.05) is 34.6 Å². The average molecular weight is 910 g/mol. The summed E-state index contributed by atoms with van der Waals surface area (Å²) < 4.78 is 1.62. The fraction of sp³-hybridized carbons (Fsp3) is 0.633. The smallest absolute Gasteiger partial charge is 0.264 e. The monoisotopic (exact) mass is 909 g/mol. The van der Waals surface area contributed by atoms with Gasteiger partial charge in [-0.3, -0.25) is 53.3 Å². The first-order valence-electron chi connectivity index (χ1n) is 23.5. The highest BCUT2D eigenvalue weighted by atomic mass is 16.3. The van der Waals surface area contributed by atoms with E-state index in [-0.39, 0.29) is 90.8 Å². The Morgan fingerprint density at radius 3 is 2.44 bits per heavy atom. The lowest BCUT2D eigenvalue weighted by atomic mass is 9.42. The van der Waals surface area contributed by atoms with Crippen molar-refractivity contribution in [1.29, 1.82) is 0 Å². The molecule has 66 heavy (non-hydrogen) atoms. The van der Waals surface area contributed by atoms with Crippen molar-refractivity contribution < 1.29 is 48.6 Å². The number of carbonyl (C=O) groups is 8. The fourth-order valence-corrected chi connectivity index (χ4v) is 13.2. The molecular formula is C49H63N7O10. The number of rotatable bonds is 14. The molecule has 1 aromatic heterocycles. The van der Waals surface area contributed by atoms with Gasteiger partial charge < -0.3 is 20.8 Å². The largest absolute Gasteiger partial charge is 0.392 e. The average Bonchev–Trinajstić information content (AvgIpc) is 3.88. The van der Waals surface area contributed by atoms with E-state index in [2.05, 4.69) is 33.2 Å². The zero-order valence-corrected chi connectivity index (χ0v) is 39.0. The van der Waals surface area contributed by atoms with E-state index in [1.54, 1.807) is 29.9 Å². The number of piperidine rings is 1. The second kappa shape index (κ2) is 17.0. The first-order chi connectivity index (χ1) is 31.0. The maximum Gasteiger partial charge on any atom is 0.264 e. The van der Waals surface area contributed by atoms with Crippen LogP contribution in [0.3, 0.4) is 0 Å². The van der Waals surface area contributed by atoms with Crippen molar-refractivity contribution in [3.05, 3.63) is 52.4 Å². The summed E-state index contributed by atoms with van der Waals surface area (Å²) in [5.74, 6) is -3.81. The number of nitrogens with zero attached hydrogens (tertiary/aromatic N) is 4. The molecule has 2 aromatic rings. The van der Waals surface area contributed by atoms with Gasteiger partial charge in [0.15, 0.2) is 5.78 Å². The number of ketones is 3. The lowest BCUT2D eigenvalue weighted by Crippen LogP contribution is -2.60. The number of fused-ring (bicyclic) bond motifs is 5. The number of imide groups is 2. The lowest BCUT2D eigenvalue weighted by molar-refractivity contribution is -0.146. The molecule has 0 spiro atoms. The molecule has 354 valence electrons. The SMILES string of the molecule is C[C@H](CC(=O)C[C@@H](C)[C@H]1C[C@H](O)[C@@]2(C)C3=C(C(=O)C[C@]12C)[C@@]1(C)CCC(=O)C(C)(C)[C@@H]1C[C@@H]3O)C(=O)NCc1cn(CCCNc2cccc3c2C(=O)N(C2CCC(=O)NC2=O)C3=O)nn1. The van der Waals surface area contributed by atoms with Gasteiger partial charge in [0.25, 0.3) is 11.8 Å². The molecule has 1 unspecified atom stereocenters. The minimum absolute atomic E-state index is 0.0135. The first-order valence-corrected chi connectivity index (χ1v) is 23.5. The van der Waals surface area contributed by atoms with Crippen LogP contribution in [0.5, 0.6) is 0 Å². The van der Waals surface area contributed by atoms with Crippen LogP contribution in [-0.2, 0) is 41.9 Å². The summed E-state index contributed by atoms with van der Waals surface area (Å²) >= 11 is 0. The molecule has 3 heterocycles. The molecule has 8 rings (SSSR count). The summed E-state index contributed by atoms with van der Waals surface area (Å²) in [7, 11) is 0. The van der Waals surface area contributed by atoms with Crippen LogP contribution in [0.4, 0.5) is 5.69 Å². The number of Topliss-reactive ketones (excluding diaryl/α,β-unsaturated/α-hetero) is 3. The first kappa shape index (κ1) is 47.1. The molecule has 5 amide bonds. The number of aromatic nitrogens is 3. The number of aryl methyl sites for hydroxylation is 1. The summed E-state index contributed by atoms with van der Waals surface area (Å²) in [6.07, 6.45) is 2.55. The normalized spacial score (nSPS) is 32.3. The summed E-state index contributed by atoms with van der Waals surface area (Å²) in [6, 6.07) is 3.82. The van der Waals surface area contributed by atoms with Crippen molar-refractivity contribution >= 4 is 52.6 Å². The molecule has 6 aliphatic rings. The van der Waals surface area contributed by atoms with E-state index in [1.165, 1.54) is 6.07 Å². The zero-order chi connectivity index (χ0) is 47.8.